The highest BCUT2D eigenvalue weighted by molar-refractivity contribution is 5.97. The minimum Gasteiger partial charge on any atom is -0.480 e. The Labute approximate surface area is 105 Å². The SMILES string of the molecule is O=C(O)C1C2CCC(C2)N1C(=O)c1ccccc1. The lowest BCUT2D eigenvalue weighted by atomic mass is 9.98. The highest BCUT2D eigenvalue weighted by Gasteiger charge is 2.51. The first-order chi connectivity index (χ1) is 8.68. The lowest BCUT2D eigenvalue weighted by molar-refractivity contribution is -0.143. The molecule has 1 aliphatic carbocycles. The van der Waals surface area contributed by atoms with Gasteiger partial charge in [-0.15, -0.1) is 0 Å². The summed E-state index contributed by atoms with van der Waals surface area (Å²) in [4.78, 5) is 25.3. The molecule has 0 radical (unpaired) electrons. The minimum absolute atomic E-state index is 0.115. The van der Waals surface area contributed by atoms with E-state index < -0.39 is 12.0 Å². The van der Waals surface area contributed by atoms with Gasteiger partial charge >= 0.3 is 5.97 Å². The van der Waals surface area contributed by atoms with Crippen LogP contribution in [-0.4, -0.2) is 34.0 Å². The molecule has 4 nitrogen and oxygen atoms in total. The van der Waals surface area contributed by atoms with Crippen molar-refractivity contribution in [3.8, 4) is 0 Å². The summed E-state index contributed by atoms with van der Waals surface area (Å²) in [6.07, 6.45) is 2.71. The van der Waals surface area contributed by atoms with Crippen LogP contribution in [0.3, 0.4) is 0 Å². The average Bonchev–Trinajstić information content (AvgIpc) is 2.99. The van der Waals surface area contributed by atoms with E-state index >= 15 is 0 Å². The Bertz CT molecular complexity index is 485. The standard InChI is InChI=1S/C14H15NO3/c16-13(9-4-2-1-3-5-9)15-11-7-6-10(8-11)12(15)14(17)18/h1-5,10-12H,6-8H2,(H,17,18). The molecule has 1 amide bonds. The third-order valence-corrected chi connectivity index (χ3v) is 4.09. The summed E-state index contributed by atoms with van der Waals surface area (Å²) in [5.41, 5.74) is 0.580. The topological polar surface area (TPSA) is 57.6 Å². The lowest BCUT2D eigenvalue weighted by Crippen LogP contribution is -2.49. The second-order valence-electron chi connectivity index (χ2n) is 5.09. The van der Waals surface area contributed by atoms with Crippen LogP contribution < -0.4 is 0 Å². The number of carbonyl (C=O) groups is 2. The maximum absolute atomic E-state index is 12.4. The number of aliphatic carboxylic acids is 1. The predicted molar refractivity (Wildman–Crippen MR) is 65.2 cm³/mol. The summed E-state index contributed by atoms with van der Waals surface area (Å²) in [5, 5.41) is 9.31. The van der Waals surface area contributed by atoms with Crippen LogP contribution >= 0.6 is 0 Å². The molecule has 0 spiro atoms. The number of hydrogen-bond donors (Lipinski definition) is 1. The fraction of sp³-hybridized carbons (Fsp3) is 0.429. The van der Waals surface area contributed by atoms with E-state index in [1.807, 2.05) is 6.07 Å². The Morgan fingerprint density at radius 3 is 2.56 bits per heavy atom. The van der Waals surface area contributed by atoms with Gasteiger partial charge in [-0.3, -0.25) is 4.79 Å². The van der Waals surface area contributed by atoms with Crippen LogP contribution in [0.2, 0.25) is 0 Å². The zero-order valence-electron chi connectivity index (χ0n) is 9.95. The van der Waals surface area contributed by atoms with E-state index in [0.29, 0.717) is 5.56 Å². The normalized spacial score (nSPS) is 29.6. The summed E-state index contributed by atoms with van der Waals surface area (Å²) in [6, 6.07) is 8.43. The van der Waals surface area contributed by atoms with E-state index in [1.165, 1.54) is 0 Å². The molecule has 3 rings (SSSR count). The van der Waals surface area contributed by atoms with Crippen LogP contribution in [0.1, 0.15) is 29.6 Å². The maximum atomic E-state index is 12.4. The van der Waals surface area contributed by atoms with E-state index in [4.69, 9.17) is 0 Å². The molecule has 3 atom stereocenters. The van der Waals surface area contributed by atoms with Gasteiger partial charge in [0, 0.05) is 11.6 Å². The Kier molecular flexibility index (Phi) is 2.58. The molecular weight excluding hydrogens is 230 g/mol. The first-order valence-corrected chi connectivity index (χ1v) is 6.29. The molecule has 3 unspecified atom stereocenters. The van der Waals surface area contributed by atoms with E-state index in [9.17, 15) is 14.7 Å². The number of rotatable bonds is 2. The molecule has 1 aliphatic heterocycles. The molecular formula is C14H15NO3. The van der Waals surface area contributed by atoms with E-state index in [2.05, 4.69) is 0 Å². The van der Waals surface area contributed by atoms with Crippen molar-refractivity contribution in [3.63, 3.8) is 0 Å². The van der Waals surface area contributed by atoms with Crippen molar-refractivity contribution in [2.45, 2.75) is 31.3 Å². The van der Waals surface area contributed by atoms with Crippen LogP contribution in [0, 0.1) is 5.92 Å². The van der Waals surface area contributed by atoms with Gasteiger partial charge in [0.25, 0.3) is 5.91 Å². The van der Waals surface area contributed by atoms with Crippen molar-refractivity contribution in [1.29, 1.82) is 0 Å². The number of nitrogens with zero attached hydrogens (tertiary/aromatic N) is 1. The van der Waals surface area contributed by atoms with Gasteiger partial charge in [0.05, 0.1) is 0 Å². The van der Waals surface area contributed by atoms with Gasteiger partial charge in [0.1, 0.15) is 6.04 Å². The minimum atomic E-state index is -0.869. The zero-order chi connectivity index (χ0) is 12.7. The number of piperidine rings is 1. The van der Waals surface area contributed by atoms with E-state index in [1.54, 1.807) is 29.2 Å². The molecule has 1 aromatic rings. The van der Waals surface area contributed by atoms with Crippen LogP contribution in [0.5, 0.6) is 0 Å². The van der Waals surface area contributed by atoms with Crippen LogP contribution in [0.25, 0.3) is 0 Å². The quantitative estimate of drug-likeness (QED) is 0.863. The Balaban J connectivity index is 1.91. The lowest BCUT2D eigenvalue weighted by Gasteiger charge is -2.32. The summed E-state index contributed by atoms with van der Waals surface area (Å²) < 4.78 is 0. The summed E-state index contributed by atoms with van der Waals surface area (Å²) >= 11 is 0. The molecule has 2 bridgehead atoms. The Morgan fingerprint density at radius 2 is 1.89 bits per heavy atom. The largest absolute Gasteiger partial charge is 0.480 e. The Morgan fingerprint density at radius 1 is 1.17 bits per heavy atom. The second-order valence-corrected chi connectivity index (χ2v) is 5.09. The molecule has 0 aromatic heterocycles. The van der Waals surface area contributed by atoms with E-state index in [-0.39, 0.29) is 17.9 Å². The van der Waals surface area contributed by atoms with Crippen molar-refractivity contribution in [1.82, 2.24) is 4.90 Å². The number of benzene rings is 1. The fourth-order valence-electron chi connectivity index (χ4n) is 3.33. The number of likely N-dealkylation sites (tertiary alicyclic amines) is 1. The number of fused-ring (bicyclic) bond motifs is 2. The van der Waals surface area contributed by atoms with Gasteiger partial charge in [-0.05, 0) is 37.3 Å². The molecule has 1 N–H and O–H groups in total. The summed E-state index contributed by atoms with van der Waals surface area (Å²) in [5.74, 6) is -0.873. The van der Waals surface area contributed by atoms with Gasteiger partial charge in [-0.2, -0.15) is 0 Å². The molecule has 1 heterocycles. The van der Waals surface area contributed by atoms with Crippen molar-refractivity contribution < 1.29 is 14.7 Å². The first kappa shape index (κ1) is 11.3. The monoisotopic (exact) mass is 245 g/mol. The van der Waals surface area contributed by atoms with Gasteiger partial charge in [0.2, 0.25) is 0 Å². The number of amides is 1. The molecule has 1 saturated heterocycles. The highest BCUT2D eigenvalue weighted by Crippen LogP contribution is 2.43. The molecule has 1 saturated carbocycles. The number of carboxylic acid groups (broad SMARTS) is 1. The maximum Gasteiger partial charge on any atom is 0.326 e. The van der Waals surface area contributed by atoms with Gasteiger partial charge < -0.3 is 10.0 Å². The first-order valence-electron chi connectivity index (χ1n) is 6.29. The molecule has 94 valence electrons. The molecule has 2 aliphatic rings. The number of carbonyl (C=O) groups excluding carboxylic acids is 1. The van der Waals surface area contributed by atoms with Crippen molar-refractivity contribution >= 4 is 11.9 Å². The van der Waals surface area contributed by atoms with Gasteiger partial charge in [0.15, 0.2) is 0 Å². The fourth-order valence-corrected chi connectivity index (χ4v) is 3.33. The molecule has 2 fully saturated rings. The van der Waals surface area contributed by atoms with Crippen LogP contribution in [0.4, 0.5) is 0 Å². The van der Waals surface area contributed by atoms with Crippen molar-refractivity contribution in [2.75, 3.05) is 0 Å². The third kappa shape index (κ3) is 1.60. The predicted octanol–water partition coefficient (Wildman–Crippen LogP) is 1.76. The van der Waals surface area contributed by atoms with Crippen LogP contribution in [0.15, 0.2) is 30.3 Å². The molecule has 18 heavy (non-hydrogen) atoms. The summed E-state index contributed by atoms with van der Waals surface area (Å²) in [7, 11) is 0. The Hall–Kier alpha value is -1.84. The zero-order valence-corrected chi connectivity index (χ0v) is 9.95. The van der Waals surface area contributed by atoms with Crippen molar-refractivity contribution in [3.05, 3.63) is 35.9 Å². The number of carboxylic acids is 1. The summed E-state index contributed by atoms with van der Waals surface area (Å²) in [6.45, 7) is 0. The molecule has 1 aromatic carbocycles. The highest BCUT2D eigenvalue weighted by atomic mass is 16.4. The molecule has 4 heteroatoms. The second kappa shape index (κ2) is 4.12. The van der Waals surface area contributed by atoms with Crippen molar-refractivity contribution in [2.24, 2.45) is 5.92 Å². The van der Waals surface area contributed by atoms with E-state index in [0.717, 1.165) is 19.3 Å². The van der Waals surface area contributed by atoms with Crippen LogP contribution in [-0.2, 0) is 4.79 Å². The smallest absolute Gasteiger partial charge is 0.326 e. The van der Waals surface area contributed by atoms with Gasteiger partial charge in [-0.1, -0.05) is 18.2 Å². The third-order valence-electron chi connectivity index (χ3n) is 4.09. The average molecular weight is 245 g/mol. The number of hydrogen-bond acceptors (Lipinski definition) is 2. The van der Waals surface area contributed by atoms with Gasteiger partial charge in [-0.25, -0.2) is 4.79 Å².